The third-order valence-corrected chi connectivity index (χ3v) is 4.39. The zero-order valence-corrected chi connectivity index (χ0v) is 15.8. The number of aromatic nitrogens is 2. The number of carbonyl (C=O) groups excluding carboxylic acids is 2. The molecule has 0 aliphatic carbocycles. The van der Waals surface area contributed by atoms with Crippen LogP contribution in [0.2, 0.25) is 0 Å². The van der Waals surface area contributed by atoms with Gasteiger partial charge in [0, 0.05) is 25.2 Å². The molecule has 11 heteroatoms. The highest BCUT2D eigenvalue weighted by atomic mass is 16.4. The number of rotatable bonds is 5. The van der Waals surface area contributed by atoms with Gasteiger partial charge in [-0.3, -0.25) is 14.5 Å². The Kier molecular flexibility index (Phi) is 6.85. The van der Waals surface area contributed by atoms with Crippen molar-refractivity contribution >= 4 is 41.3 Å². The van der Waals surface area contributed by atoms with Gasteiger partial charge < -0.3 is 20.4 Å². The van der Waals surface area contributed by atoms with E-state index in [1.54, 1.807) is 6.92 Å². The Morgan fingerprint density at radius 1 is 1.04 bits per heavy atom. The number of nitrogens with one attached hydrogen (secondary N) is 1. The minimum Gasteiger partial charge on any atom is -0.474 e. The topological polar surface area (TPSA) is 153 Å². The van der Waals surface area contributed by atoms with Gasteiger partial charge in [0.05, 0.1) is 0 Å². The highest BCUT2D eigenvalue weighted by Crippen LogP contribution is 2.30. The van der Waals surface area contributed by atoms with Gasteiger partial charge in [-0.05, 0) is 32.6 Å². The van der Waals surface area contributed by atoms with E-state index in [2.05, 4.69) is 15.3 Å². The molecule has 11 nitrogen and oxygen atoms in total. The number of carbonyl (C=O) groups is 4. The normalized spacial score (nSPS) is 13.7. The summed E-state index contributed by atoms with van der Waals surface area (Å²) in [4.78, 5) is 57.2. The number of hydrogen-bond donors (Lipinski definition) is 3. The van der Waals surface area contributed by atoms with E-state index >= 15 is 0 Å². The monoisotopic (exact) mass is 393 g/mol. The van der Waals surface area contributed by atoms with E-state index in [-0.39, 0.29) is 18.3 Å². The molecule has 1 fully saturated rings. The van der Waals surface area contributed by atoms with Crippen LogP contribution in [-0.4, -0.2) is 63.6 Å². The summed E-state index contributed by atoms with van der Waals surface area (Å²) >= 11 is 0. The molecule has 0 unspecified atom stereocenters. The maximum Gasteiger partial charge on any atom is 0.395 e. The first kappa shape index (κ1) is 21.1. The summed E-state index contributed by atoms with van der Waals surface area (Å²) in [5, 5.41) is 20.2. The van der Waals surface area contributed by atoms with Gasteiger partial charge in [0.2, 0.25) is 5.95 Å². The summed E-state index contributed by atoms with van der Waals surface area (Å²) in [5.41, 5.74) is 0.527. The van der Waals surface area contributed by atoms with Gasteiger partial charge in [-0.25, -0.2) is 9.59 Å². The number of likely N-dealkylation sites (N-methyl/N-ethyl adjacent to an activating group) is 1. The number of anilines is 3. The minimum absolute atomic E-state index is 0.0115. The number of carboxylic acids is 2. The van der Waals surface area contributed by atoms with E-state index in [1.165, 1.54) is 0 Å². The van der Waals surface area contributed by atoms with E-state index in [1.807, 2.05) is 11.8 Å². The molecule has 1 aromatic heterocycles. The van der Waals surface area contributed by atoms with Gasteiger partial charge in [0.1, 0.15) is 11.6 Å². The maximum absolute atomic E-state index is 12.0. The quantitative estimate of drug-likeness (QED) is 0.606. The van der Waals surface area contributed by atoms with E-state index < -0.39 is 23.8 Å². The molecule has 0 aromatic carbocycles. The third kappa shape index (κ3) is 4.53. The first-order valence-corrected chi connectivity index (χ1v) is 9.05. The average Bonchev–Trinajstić information content (AvgIpc) is 2.68. The van der Waals surface area contributed by atoms with E-state index in [4.69, 9.17) is 10.2 Å². The van der Waals surface area contributed by atoms with Gasteiger partial charge in [-0.15, -0.1) is 0 Å². The van der Waals surface area contributed by atoms with Gasteiger partial charge in [0.25, 0.3) is 0 Å². The molecule has 2 rings (SSSR count). The van der Waals surface area contributed by atoms with Crippen LogP contribution in [0.15, 0.2) is 0 Å². The van der Waals surface area contributed by atoms with Crippen molar-refractivity contribution in [1.82, 2.24) is 9.97 Å². The van der Waals surface area contributed by atoms with Crippen molar-refractivity contribution in [2.24, 2.45) is 0 Å². The summed E-state index contributed by atoms with van der Waals surface area (Å²) < 4.78 is 0. The van der Waals surface area contributed by atoms with Crippen molar-refractivity contribution in [2.45, 2.75) is 39.5 Å². The summed E-state index contributed by atoms with van der Waals surface area (Å²) in [7, 11) is 0. The minimum atomic E-state index is -1.68. The Morgan fingerprint density at radius 3 is 2.18 bits per heavy atom. The molecular weight excluding hydrogens is 370 g/mol. The highest BCUT2D eigenvalue weighted by molar-refractivity contribution is 6.37. The van der Waals surface area contributed by atoms with E-state index in [9.17, 15) is 19.2 Å². The zero-order valence-electron chi connectivity index (χ0n) is 15.8. The van der Waals surface area contributed by atoms with Crippen molar-refractivity contribution in [1.29, 1.82) is 0 Å². The molecule has 0 bridgehead atoms. The molecule has 0 atom stereocenters. The molecule has 0 radical (unpaired) electrons. The van der Waals surface area contributed by atoms with Crippen LogP contribution < -0.4 is 15.1 Å². The molecule has 2 amide bonds. The van der Waals surface area contributed by atoms with Crippen LogP contribution in [0, 0.1) is 0 Å². The van der Waals surface area contributed by atoms with Crippen molar-refractivity contribution in [2.75, 3.05) is 34.8 Å². The Balaban J connectivity index is 2.61. The molecule has 28 heavy (non-hydrogen) atoms. The first-order valence-electron chi connectivity index (χ1n) is 9.05. The molecule has 152 valence electrons. The third-order valence-electron chi connectivity index (χ3n) is 4.39. The standard InChI is InChI=1S/C17H23N5O6/c1-3-10-11(18-13(23)15(25)26)19-17(22(4-2)14(24)16(27)28)20-12(10)21-8-6-5-7-9-21/h3-9H2,1-2H3,(H,25,26)(H,27,28)(H,18,19,20,23). The molecule has 3 N–H and O–H groups in total. The maximum atomic E-state index is 12.0. The highest BCUT2D eigenvalue weighted by Gasteiger charge is 2.28. The number of amides is 2. The number of nitrogens with zero attached hydrogens (tertiary/aromatic N) is 4. The molecule has 2 heterocycles. The average molecular weight is 393 g/mol. The molecule has 1 aliphatic rings. The van der Waals surface area contributed by atoms with Gasteiger partial charge in [-0.2, -0.15) is 9.97 Å². The lowest BCUT2D eigenvalue weighted by Crippen LogP contribution is -2.39. The number of carboxylic acid groups (broad SMARTS) is 2. The predicted molar refractivity (Wildman–Crippen MR) is 99.4 cm³/mol. The predicted octanol–water partition coefficient (Wildman–Crippen LogP) is 0.490. The lowest BCUT2D eigenvalue weighted by Gasteiger charge is -2.31. The summed E-state index contributed by atoms with van der Waals surface area (Å²) in [6.07, 6.45) is 3.34. The number of hydrogen-bond acceptors (Lipinski definition) is 7. The van der Waals surface area contributed by atoms with Crippen LogP contribution in [0.1, 0.15) is 38.7 Å². The smallest absolute Gasteiger partial charge is 0.395 e. The Morgan fingerprint density at radius 2 is 1.68 bits per heavy atom. The molecule has 0 saturated carbocycles. The number of aliphatic carboxylic acids is 2. The SMILES string of the molecule is CCc1c(NC(=O)C(=O)O)nc(N(CC)C(=O)C(=O)O)nc1N1CCCCC1. The molecule has 0 spiro atoms. The fraction of sp³-hybridized carbons (Fsp3) is 0.529. The van der Waals surface area contributed by atoms with Crippen LogP contribution >= 0.6 is 0 Å². The second kappa shape index (κ2) is 9.11. The number of piperidine rings is 1. The van der Waals surface area contributed by atoms with Crippen molar-refractivity contribution in [3.05, 3.63) is 5.56 Å². The first-order chi connectivity index (χ1) is 13.3. The van der Waals surface area contributed by atoms with Crippen LogP contribution in [0.25, 0.3) is 0 Å². The lowest BCUT2D eigenvalue weighted by molar-refractivity contribution is -0.148. The van der Waals surface area contributed by atoms with E-state index in [0.717, 1.165) is 24.2 Å². The fourth-order valence-corrected chi connectivity index (χ4v) is 3.03. The fourth-order valence-electron chi connectivity index (χ4n) is 3.03. The van der Waals surface area contributed by atoms with Crippen LogP contribution in [0.5, 0.6) is 0 Å². The van der Waals surface area contributed by atoms with Gasteiger partial charge >= 0.3 is 23.8 Å². The summed E-state index contributed by atoms with van der Waals surface area (Å²) in [6.45, 7) is 4.77. The Bertz CT molecular complexity index is 790. The summed E-state index contributed by atoms with van der Waals surface area (Å²) in [5.74, 6) is -5.63. The van der Waals surface area contributed by atoms with Crippen molar-refractivity contribution < 1.29 is 29.4 Å². The second-order valence-electron chi connectivity index (χ2n) is 6.19. The van der Waals surface area contributed by atoms with Crippen molar-refractivity contribution in [3.63, 3.8) is 0 Å². The van der Waals surface area contributed by atoms with Crippen molar-refractivity contribution in [3.8, 4) is 0 Å². The van der Waals surface area contributed by atoms with Crippen LogP contribution in [-0.2, 0) is 25.6 Å². The lowest BCUT2D eigenvalue weighted by atomic mass is 10.1. The largest absolute Gasteiger partial charge is 0.474 e. The zero-order chi connectivity index (χ0) is 20.8. The molecule has 1 saturated heterocycles. The van der Waals surface area contributed by atoms with Gasteiger partial charge in [-0.1, -0.05) is 6.92 Å². The summed E-state index contributed by atoms with van der Waals surface area (Å²) in [6, 6.07) is 0. The Hall–Kier alpha value is -3.24. The van der Waals surface area contributed by atoms with Crippen LogP contribution in [0.4, 0.5) is 17.6 Å². The molecule has 1 aromatic rings. The van der Waals surface area contributed by atoms with E-state index in [0.29, 0.717) is 30.9 Å². The molecular formula is C17H23N5O6. The van der Waals surface area contributed by atoms with Crippen LogP contribution in [0.3, 0.4) is 0 Å². The van der Waals surface area contributed by atoms with Gasteiger partial charge in [0.15, 0.2) is 0 Å². The Labute approximate surface area is 161 Å². The second-order valence-corrected chi connectivity index (χ2v) is 6.19. The molecule has 1 aliphatic heterocycles.